The third kappa shape index (κ3) is 13.9. The van der Waals surface area contributed by atoms with Gasteiger partial charge in [0.2, 0.25) is 0 Å². The fourth-order valence-electron chi connectivity index (χ4n) is 23.0. The fraction of sp³-hybridized carbons (Fsp3) is 0. The Kier molecular flexibility index (Phi) is 20.0. The van der Waals surface area contributed by atoms with Gasteiger partial charge in [0, 0.05) is 65.9 Å². The van der Waals surface area contributed by atoms with E-state index in [0.717, 1.165) is 183 Å². The van der Waals surface area contributed by atoms with E-state index in [2.05, 4.69) is 555 Å². The van der Waals surface area contributed by atoms with E-state index in [4.69, 9.17) is 0 Å². The highest BCUT2D eigenvalue weighted by Crippen LogP contribution is 2.59. The maximum Gasteiger partial charge on any atom is 0.0625 e. The van der Waals surface area contributed by atoms with Gasteiger partial charge in [-0.3, -0.25) is 0 Å². The Balaban J connectivity index is 0.634. The smallest absolute Gasteiger partial charge is 0.0625 e. The molecule has 0 amide bonds. The molecule has 0 N–H and O–H groups in total. The predicted molar refractivity (Wildman–Crippen MR) is 604 cm³/mol. The molecule has 27 rings (SSSR count). The summed E-state index contributed by atoms with van der Waals surface area (Å²) in [5, 5.41) is 28.1. The van der Waals surface area contributed by atoms with E-state index in [1.165, 1.54) is 86.7 Å². The standard InChI is InChI=1S/C138H89N3/c1-4-36-90(37-5-1)92-78-81-103(82-79-92)139(137-127-64-26-19-57-117(127)114-54-16-23-61-124(114)134(137)121-69-31-44-94-42-10-12-49-105(94)121)132-85-84-107(111-52-14-21-59-119(111)132)100-80-83-108-98(86-100)47-32-70-122(108)135-125-62-24-17-55-115(125)118-58-20-27-65-128(118)138(135)140(104-48-30-46-97(89-104)91-38-6-2-7-39-91)131-73-35-67-112-106(66-34-68-120(112)131)99-76-74-93-75-77-101(88-102(93)87-99)133-123-60-22-15-53-113(123)116-56-18-25-63-126(116)136(133)141(130-72-33-45-96-43-11-13-50-110(96)130)129-71-29-28-51-109(129)95-40-8-3-9-41-95/h1-89H. The molecular formula is C138H89N3. The molecule has 3 nitrogen and oxygen atoms in total. The molecule has 0 atom stereocenters. The number of fused-ring (bicyclic) bond motifs is 15. The molecule has 141 heavy (non-hydrogen) atoms. The molecule has 0 aliphatic rings. The molecule has 0 aliphatic heterocycles. The highest BCUT2D eigenvalue weighted by atomic mass is 15.2. The van der Waals surface area contributed by atoms with Crippen LogP contribution in [0.4, 0.5) is 51.2 Å². The molecule has 0 saturated carbocycles. The van der Waals surface area contributed by atoms with Crippen LogP contribution in [0, 0.1) is 0 Å². The first-order chi connectivity index (χ1) is 70.0. The van der Waals surface area contributed by atoms with Gasteiger partial charge in [0.05, 0.1) is 39.8 Å². The number of hydrogen-bond acceptors (Lipinski definition) is 3. The Hall–Kier alpha value is -18.5. The average Bonchev–Trinajstić information content (AvgIpc) is 0.722. The molecule has 0 aliphatic carbocycles. The van der Waals surface area contributed by atoms with Crippen molar-refractivity contribution in [1.29, 1.82) is 0 Å². The van der Waals surface area contributed by atoms with Crippen LogP contribution in [0.5, 0.6) is 0 Å². The molecule has 0 saturated heterocycles. The van der Waals surface area contributed by atoms with Crippen LogP contribution in [0.2, 0.25) is 0 Å². The van der Waals surface area contributed by atoms with Crippen molar-refractivity contribution in [2.75, 3.05) is 14.7 Å². The van der Waals surface area contributed by atoms with Crippen LogP contribution in [0.25, 0.3) is 218 Å². The molecule has 0 fully saturated rings. The lowest BCUT2D eigenvalue weighted by Gasteiger charge is -2.33. The van der Waals surface area contributed by atoms with Gasteiger partial charge in [0.25, 0.3) is 0 Å². The number of nitrogens with zero attached hydrogens (tertiary/aromatic N) is 3. The first-order valence-corrected chi connectivity index (χ1v) is 48.8. The maximum atomic E-state index is 2.61. The Morgan fingerprint density at radius 2 is 0.426 bits per heavy atom. The summed E-state index contributed by atoms with van der Waals surface area (Å²) in [5.41, 5.74) is 28.1. The van der Waals surface area contributed by atoms with Crippen molar-refractivity contribution < 1.29 is 0 Å². The SMILES string of the molecule is c1ccc(-c2ccc(N(c3ccc(-c4ccc5c(-c6c(N(c7cccc(-c8ccccc8)c7)c7cccc8c(-c9ccc%10ccc(-c%11c(N(c%12ccccc%12-c%12ccccc%12)c%12cccc%13ccccc%12%13)c%12ccccc%12c%12ccccc%11%12)cc%10c9)cccc78)c7ccccc7c7ccccc67)cccc5c4)c4ccccc34)c3c(-c4cccc5ccccc45)c4ccccc4c4ccccc34)cc2)cc1. The van der Waals surface area contributed by atoms with Crippen molar-refractivity contribution in [1.82, 2.24) is 0 Å². The summed E-state index contributed by atoms with van der Waals surface area (Å²) in [5.74, 6) is 0. The Morgan fingerprint density at radius 1 is 0.106 bits per heavy atom. The quantitative estimate of drug-likeness (QED) is 0.0842. The number of anilines is 9. The largest absolute Gasteiger partial charge is 0.309 e. The third-order valence-corrected chi connectivity index (χ3v) is 29.3. The van der Waals surface area contributed by atoms with Crippen LogP contribution in [-0.4, -0.2) is 0 Å². The summed E-state index contributed by atoms with van der Waals surface area (Å²) in [4.78, 5) is 7.75. The van der Waals surface area contributed by atoms with Gasteiger partial charge in [-0.25, -0.2) is 0 Å². The lowest BCUT2D eigenvalue weighted by molar-refractivity contribution is 1.32. The molecule has 0 aromatic heterocycles. The molecule has 0 heterocycles. The fourth-order valence-corrected chi connectivity index (χ4v) is 23.0. The topological polar surface area (TPSA) is 9.72 Å². The van der Waals surface area contributed by atoms with Crippen molar-refractivity contribution in [3.05, 3.63) is 540 Å². The second-order valence-electron chi connectivity index (χ2n) is 37.1. The number of para-hydroxylation sites is 1. The van der Waals surface area contributed by atoms with Gasteiger partial charge in [-0.05, 0) is 230 Å². The molecule has 656 valence electrons. The van der Waals surface area contributed by atoms with E-state index < -0.39 is 0 Å². The van der Waals surface area contributed by atoms with E-state index >= 15 is 0 Å². The van der Waals surface area contributed by atoms with E-state index in [9.17, 15) is 0 Å². The molecule has 3 heteroatoms. The lowest BCUT2D eigenvalue weighted by Crippen LogP contribution is -2.14. The summed E-state index contributed by atoms with van der Waals surface area (Å²) in [6.45, 7) is 0. The van der Waals surface area contributed by atoms with Crippen LogP contribution in [0.3, 0.4) is 0 Å². The maximum absolute atomic E-state index is 2.61. The molecule has 0 radical (unpaired) electrons. The highest BCUT2D eigenvalue weighted by molar-refractivity contribution is 6.29. The third-order valence-electron chi connectivity index (χ3n) is 29.3. The minimum atomic E-state index is 1.04. The molecule has 27 aromatic carbocycles. The Bertz CT molecular complexity index is 9690. The van der Waals surface area contributed by atoms with E-state index in [1.807, 2.05) is 0 Å². The van der Waals surface area contributed by atoms with Crippen molar-refractivity contribution in [2.45, 2.75) is 0 Å². The van der Waals surface area contributed by atoms with Crippen molar-refractivity contribution in [3.63, 3.8) is 0 Å². The van der Waals surface area contributed by atoms with Gasteiger partial charge in [0.1, 0.15) is 0 Å². The first kappa shape index (κ1) is 82.0. The van der Waals surface area contributed by atoms with Gasteiger partial charge in [-0.1, -0.05) is 473 Å². The van der Waals surface area contributed by atoms with Gasteiger partial charge in [0.15, 0.2) is 0 Å². The molecule has 0 unspecified atom stereocenters. The van der Waals surface area contributed by atoms with E-state index in [1.54, 1.807) is 0 Å². The van der Waals surface area contributed by atoms with E-state index in [-0.39, 0.29) is 0 Å². The summed E-state index contributed by atoms with van der Waals surface area (Å²) >= 11 is 0. The lowest BCUT2D eigenvalue weighted by atomic mass is 9.86. The predicted octanol–water partition coefficient (Wildman–Crippen LogP) is 39.3. The van der Waals surface area contributed by atoms with Crippen LogP contribution in [0.15, 0.2) is 540 Å². The van der Waals surface area contributed by atoms with Crippen LogP contribution in [0.1, 0.15) is 0 Å². The van der Waals surface area contributed by atoms with Crippen molar-refractivity contribution >= 4 is 180 Å². The van der Waals surface area contributed by atoms with E-state index in [0.29, 0.717) is 0 Å². The van der Waals surface area contributed by atoms with Crippen molar-refractivity contribution in [2.24, 2.45) is 0 Å². The Labute approximate surface area is 818 Å². The normalized spacial score (nSPS) is 11.7. The minimum Gasteiger partial charge on any atom is -0.309 e. The molecule has 27 aromatic rings. The van der Waals surface area contributed by atoms with Gasteiger partial charge < -0.3 is 14.7 Å². The van der Waals surface area contributed by atoms with Crippen molar-refractivity contribution in [3.8, 4) is 89.0 Å². The van der Waals surface area contributed by atoms with Crippen LogP contribution >= 0.6 is 0 Å². The first-order valence-electron chi connectivity index (χ1n) is 48.8. The number of benzene rings is 27. The summed E-state index contributed by atoms with van der Waals surface area (Å²) < 4.78 is 0. The van der Waals surface area contributed by atoms with Gasteiger partial charge >= 0.3 is 0 Å². The minimum absolute atomic E-state index is 1.04. The zero-order valence-corrected chi connectivity index (χ0v) is 77.2. The monoisotopic (exact) mass is 1790 g/mol. The molecule has 0 spiro atoms. The van der Waals surface area contributed by atoms with Gasteiger partial charge in [-0.2, -0.15) is 0 Å². The Morgan fingerprint density at radius 3 is 1.02 bits per heavy atom. The van der Waals surface area contributed by atoms with Crippen LogP contribution < -0.4 is 14.7 Å². The summed E-state index contributed by atoms with van der Waals surface area (Å²) in [6.07, 6.45) is 0. The molecular weight excluding hydrogens is 1700 g/mol. The second kappa shape index (κ2) is 34.4. The number of hydrogen-bond donors (Lipinski definition) is 0. The molecule has 0 bridgehead atoms. The summed E-state index contributed by atoms with van der Waals surface area (Å²) in [7, 11) is 0. The summed E-state index contributed by atoms with van der Waals surface area (Å²) in [6, 6.07) is 202. The second-order valence-corrected chi connectivity index (χ2v) is 37.1. The zero-order chi connectivity index (χ0) is 93.0. The number of rotatable bonds is 17. The van der Waals surface area contributed by atoms with Gasteiger partial charge in [-0.15, -0.1) is 0 Å². The van der Waals surface area contributed by atoms with Crippen LogP contribution in [-0.2, 0) is 0 Å². The average molecular weight is 1790 g/mol. The highest BCUT2D eigenvalue weighted by Gasteiger charge is 2.32. The zero-order valence-electron chi connectivity index (χ0n) is 77.2.